The average molecular weight is 323 g/mol. The monoisotopic (exact) mass is 323 g/mol. The van der Waals surface area contributed by atoms with Gasteiger partial charge < -0.3 is 4.42 Å². The predicted octanol–water partition coefficient (Wildman–Crippen LogP) is 4.91. The molecule has 1 aliphatic carbocycles. The summed E-state index contributed by atoms with van der Waals surface area (Å²) in [7, 11) is 0. The van der Waals surface area contributed by atoms with Gasteiger partial charge in [-0.25, -0.2) is 9.97 Å². The maximum Gasteiger partial charge on any atom is 0.239 e. The molecule has 0 saturated carbocycles. The number of aromatic nitrogens is 3. The van der Waals surface area contributed by atoms with Crippen LogP contribution in [0.4, 0.5) is 0 Å². The summed E-state index contributed by atoms with van der Waals surface area (Å²) in [5.74, 6) is 1.71. The van der Waals surface area contributed by atoms with Gasteiger partial charge in [-0.05, 0) is 44.4 Å². The van der Waals surface area contributed by atoms with E-state index in [1.165, 1.54) is 5.57 Å². The zero-order valence-corrected chi connectivity index (χ0v) is 14.0. The molecule has 4 nitrogen and oxygen atoms in total. The minimum absolute atomic E-state index is 0.696. The topological polar surface area (TPSA) is 51.8 Å². The van der Waals surface area contributed by atoms with Gasteiger partial charge in [0, 0.05) is 24.4 Å². The maximum absolute atomic E-state index is 6.06. The number of fused-ring (bicyclic) bond motifs is 1. The Morgan fingerprint density at radius 1 is 1.26 bits per heavy atom. The SMILES string of the molecule is C/C=C1\CCCc2oc(-c3sc(-c4cccnc4)nc3C)nc21. The fourth-order valence-corrected chi connectivity index (χ4v) is 3.90. The highest BCUT2D eigenvalue weighted by Gasteiger charge is 2.23. The van der Waals surface area contributed by atoms with E-state index in [-0.39, 0.29) is 0 Å². The van der Waals surface area contributed by atoms with Crippen LogP contribution in [-0.2, 0) is 6.42 Å². The second-order valence-electron chi connectivity index (χ2n) is 5.63. The molecule has 0 bridgehead atoms. The normalized spacial score (nSPS) is 15.8. The number of thiazole rings is 1. The second-order valence-corrected chi connectivity index (χ2v) is 6.63. The molecule has 0 saturated heterocycles. The van der Waals surface area contributed by atoms with Gasteiger partial charge in [0.05, 0.1) is 5.69 Å². The van der Waals surface area contributed by atoms with E-state index in [2.05, 4.69) is 23.0 Å². The maximum atomic E-state index is 6.06. The summed E-state index contributed by atoms with van der Waals surface area (Å²) in [5, 5.41) is 0.952. The molecule has 23 heavy (non-hydrogen) atoms. The van der Waals surface area contributed by atoms with Crippen molar-refractivity contribution in [1.29, 1.82) is 0 Å². The molecule has 0 radical (unpaired) electrons. The molecule has 3 aromatic rings. The van der Waals surface area contributed by atoms with Gasteiger partial charge in [0.25, 0.3) is 0 Å². The van der Waals surface area contributed by atoms with Crippen LogP contribution in [0.1, 0.15) is 36.9 Å². The van der Waals surface area contributed by atoms with E-state index >= 15 is 0 Å². The van der Waals surface area contributed by atoms with Gasteiger partial charge in [0.2, 0.25) is 5.89 Å². The number of nitrogens with zero attached hydrogens (tertiary/aromatic N) is 3. The first-order valence-corrected chi connectivity index (χ1v) is 8.61. The van der Waals surface area contributed by atoms with Crippen molar-refractivity contribution < 1.29 is 4.42 Å². The lowest BCUT2D eigenvalue weighted by Crippen LogP contribution is -1.99. The predicted molar refractivity (Wildman–Crippen MR) is 92.2 cm³/mol. The first kappa shape index (κ1) is 14.3. The van der Waals surface area contributed by atoms with E-state index in [0.717, 1.165) is 51.9 Å². The van der Waals surface area contributed by atoms with Crippen molar-refractivity contribution in [2.24, 2.45) is 0 Å². The third-order valence-corrected chi connectivity index (χ3v) is 5.29. The number of hydrogen-bond donors (Lipinski definition) is 0. The molecule has 0 aromatic carbocycles. The Morgan fingerprint density at radius 3 is 2.96 bits per heavy atom. The minimum atomic E-state index is 0.696. The molecule has 0 amide bonds. The van der Waals surface area contributed by atoms with E-state index in [1.807, 2.05) is 25.3 Å². The molecular formula is C18H17N3OS. The molecule has 3 aromatic heterocycles. The molecule has 5 heteroatoms. The van der Waals surface area contributed by atoms with Crippen LogP contribution in [0, 0.1) is 6.92 Å². The summed E-state index contributed by atoms with van der Waals surface area (Å²) in [6, 6.07) is 3.95. The number of allylic oxidation sites excluding steroid dienone is 2. The Hall–Kier alpha value is -2.27. The molecule has 0 fully saturated rings. The van der Waals surface area contributed by atoms with Crippen LogP contribution in [-0.4, -0.2) is 15.0 Å². The van der Waals surface area contributed by atoms with Crippen molar-refractivity contribution >= 4 is 16.9 Å². The molecule has 3 heterocycles. The van der Waals surface area contributed by atoms with Gasteiger partial charge in [-0.1, -0.05) is 6.08 Å². The van der Waals surface area contributed by atoms with Crippen LogP contribution in [0.5, 0.6) is 0 Å². The van der Waals surface area contributed by atoms with Crippen molar-refractivity contribution in [2.45, 2.75) is 33.1 Å². The molecule has 1 aliphatic rings. The van der Waals surface area contributed by atoms with E-state index < -0.39 is 0 Å². The van der Waals surface area contributed by atoms with E-state index in [4.69, 9.17) is 9.40 Å². The van der Waals surface area contributed by atoms with E-state index in [1.54, 1.807) is 17.5 Å². The summed E-state index contributed by atoms with van der Waals surface area (Å²) >= 11 is 1.61. The molecule has 0 spiro atoms. The van der Waals surface area contributed by atoms with Crippen LogP contribution >= 0.6 is 11.3 Å². The van der Waals surface area contributed by atoms with Crippen LogP contribution < -0.4 is 0 Å². The highest BCUT2D eigenvalue weighted by molar-refractivity contribution is 7.18. The zero-order chi connectivity index (χ0) is 15.8. The first-order valence-electron chi connectivity index (χ1n) is 7.79. The summed E-state index contributed by atoms with van der Waals surface area (Å²) in [5.41, 5.74) is 4.30. The Kier molecular flexibility index (Phi) is 3.58. The average Bonchev–Trinajstić information content (AvgIpc) is 3.18. The summed E-state index contributed by atoms with van der Waals surface area (Å²) < 4.78 is 6.06. The molecule has 0 aliphatic heterocycles. The molecule has 4 rings (SSSR count). The zero-order valence-electron chi connectivity index (χ0n) is 13.2. The van der Waals surface area contributed by atoms with Gasteiger partial charge >= 0.3 is 0 Å². The fraction of sp³-hybridized carbons (Fsp3) is 0.278. The van der Waals surface area contributed by atoms with Crippen LogP contribution in [0.2, 0.25) is 0 Å². The number of pyridine rings is 1. The number of rotatable bonds is 2. The third-order valence-electron chi connectivity index (χ3n) is 4.10. The minimum Gasteiger partial charge on any atom is -0.440 e. The quantitative estimate of drug-likeness (QED) is 0.672. The van der Waals surface area contributed by atoms with Crippen molar-refractivity contribution in [2.75, 3.05) is 0 Å². The highest BCUT2D eigenvalue weighted by atomic mass is 32.1. The standard InChI is InChI=1S/C18H17N3OS/c1-3-12-6-4-8-14-15(12)21-17(22-14)16-11(2)20-18(23-16)13-7-5-9-19-10-13/h3,5,7,9-10H,4,6,8H2,1-2H3/b12-3+. The first-order chi connectivity index (χ1) is 11.3. The number of oxazole rings is 1. The molecule has 0 unspecified atom stereocenters. The Labute approximate surface area is 138 Å². The third kappa shape index (κ3) is 2.51. The fourth-order valence-electron chi connectivity index (χ4n) is 2.92. The highest BCUT2D eigenvalue weighted by Crippen LogP contribution is 2.38. The van der Waals surface area contributed by atoms with Gasteiger partial charge in [-0.15, -0.1) is 11.3 Å². The van der Waals surface area contributed by atoms with E-state index in [0.29, 0.717) is 5.89 Å². The number of hydrogen-bond acceptors (Lipinski definition) is 5. The van der Waals surface area contributed by atoms with Crippen molar-refractivity contribution in [3.63, 3.8) is 0 Å². The molecule has 116 valence electrons. The lowest BCUT2D eigenvalue weighted by atomic mass is 9.96. The molecule has 0 atom stereocenters. The van der Waals surface area contributed by atoms with Gasteiger partial charge in [-0.3, -0.25) is 4.98 Å². The summed E-state index contributed by atoms with van der Waals surface area (Å²) in [6.07, 6.45) is 8.92. The lowest BCUT2D eigenvalue weighted by molar-refractivity contribution is 0.506. The lowest BCUT2D eigenvalue weighted by Gasteiger charge is -2.10. The summed E-state index contributed by atoms with van der Waals surface area (Å²) in [4.78, 5) is 14.6. The summed E-state index contributed by atoms with van der Waals surface area (Å²) in [6.45, 7) is 4.07. The van der Waals surface area contributed by atoms with Gasteiger partial charge in [0.15, 0.2) is 0 Å². The largest absolute Gasteiger partial charge is 0.440 e. The van der Waals surface area contributed by atoms with Crippen LogP contribution in [0.3, 0.4) is 0 Å². The second kappa shape index (κ2) is 5.74. The molecule has 0 N–H and O–H groups in total. The van der Waals surface area contributed by atoms with Crippen LogP contribution in [0.15, 0.2) is 35.0 Å². The Bertz CT molecular complexity index is 877. The van der Waals surface area contributed by atoms with Crippen molar-refractivity contribution in [1.82, 2.24) is 15.0 Å². The van der Waals surface area contributed by atoms with Crippen LogP contribution in [0.25, 0.3) is 26.9 Å². The Balaban J connectivity index is 1.78. The smallest absolute Gasteiger partial charge is 0.239 e. The molecular weight excluding hydrogens is 306 g/mol. The number of aryl methyl sites for hydroxylation is 2. The van der Waals surface area contributed by atoms with Crippen molar-refractivity contribution in [3.05, 3.63) is 47.8 Å². The van der Waals surface area contributed by atoms with Gasteiger partial charge in [-0.2, -0.15) is 0 Å². The van der Waals surface area contributed by atoms with Crippen molar-refractivity contribution in [3.8, 4) is 21.3 Å². The Morgan fingerprint density at radius 2 is 2.17 bits per heavy atom. The van der Waals surface area contributed by atoms with Gasteiger partial charge in [0.1, 0.15) is 21.3 Å². The van der Waals surface area contributed by atoms with E-state index in [9.17, 15) is 0 Å².